The molecule has 0 unspecified atom stereocenters. The van der Waals surface area contributed by atoms with E-state index in [-0.39, 0.29) is 0 Å². The maximum absolute atomic E-state index is 4.74. The number of aromatic amines is 1. The molecule has 4 aromatic rings. The number of pyridine rings is 1. The minimum absolute atomic E-state index is 0.684. The second kappa shape index (κ2) is 7.73. The Bertz CT molecular complexity index is 1120. The Morgan fingerprint density at radius 2 is 1.97 bits per heavy atom. The highest BCUT2D eigenvalue weighted by molar-refractivity contribution is 5.80. The molecule has 0 amide bonds. The largest absolute Gasteiger partial charge is 0.342 e. The monoisotopic (exact) mass is 388 g/mol. The highest BCUT2D eigenvalue weighted by Crippen LogP contribution is 2.22. The Morgan fingerprint density at radius 1 is 1.07 bits per heavy atom. The molecule has 1 aliphatic rings. The molecule has 0 aliphatic carbocycles. The lowest BCUT2D eigenvalue weighted by Crippen LogP contribution is -2.42. The van der Waals surface area contributed by atoms with E-state index in [9.17, 15) is 0 Å². The first-order valence-electron chi connectivity index (χ1n) is 9.94. The Morgan fingerprint density at radius 3 is 2.79 bits per heavy atom. The zero-order chi connectivity index (χ0) is 19.6. The van der Waals surface area contributed by atoms with Crippen molar-refractivity contribution in [1.29, 1.82) is 0 Å². The summed E-state index contributed by atoms with van der Waals surface area (Å²) in [4.78, 5) is 19.5. The molecule has 4 heterocycles. The van der Waals surface area contributed by atoms with Crippen LogP contribution >= 0.6 is 0 Å². The van der Waals surface area contributed by atoms with E-state index < -0.39 is 0 Å². The van der Waals surface area contributed by atoms with Crippen molar-refractivity contribution in [1.82, 2.24) is 39.9 Å². The van der Waals surface area contributed by atoms with Gasteiger partial charge in [0.1, 0.15) is 12.2 Å². The molecule has 0 saturated carbocycles. The Balaban J connectivity index is 1.35. The van der Waals surface area contributed by atoms with Gasteiger partial charge >= 0.3 is 0 Å². The maximum Gasteiger partial charge on any atom is 0.157 e. The van der Waals surface area contributed by atoms with Crippen molar-refractivity contribution in [2.45, 2.75) is 13.0 Å². The zero-order valence-electron chi connectivity index (χ0n) is 16.5. The third-order valence-electron chi connectivity index (χ3n) is 5.35. The maximum atomic E-state index is 4.74. The molecule has 0 radical (unpaired) electrons. The summed E-state index contributed by atoms with van der Waals surface area (Å²) < 4.78 is 1.77. The number of hydrogen-bond acceptors (Lipinski definition) is 6. The highest BCUT2D eigenvalue weighted by Gasteiger charge is 2.12. The van der Waals surface area contributed by atoms with Crippen LogP contribution in [-0.4, -0.2) is 60.8 Å². The van der Waals surface area contributed by atoms with Gasteiger partial charge < -0.3 is 10.3 Å². The molecular formula is C21H24N8. The number of piperazine rings is 1. The van der Waals surface area contributed by atoms with Crippen LogP contribution in [0, 0.1) is 0 Å². The van der Waals surface area contributed by atoms with Crippen molar-refractivity contribution in [2.24, 2.45) is 7.05 Å². The van der Waals surface area contributed by atoms with Crippen LogP contribution in [0.5, 0.6) is 0 Å². The lowest BCUT2D eigenvalue weighted by Gasteiger charge is -2.27. The molecule has 5 rings (SSSR count). The van der Waals surface area contributed by atoms with Crippen molar-refractivity contribution in [2.75, 3.05) is 26.2 Å². The molecule has 0 atom stereocenters. The van der Waals surface area contributed by atoms with Crippen LogP contribution in [0.15, 0.2) is 42.9 Å². The van der Waals surface area contributed by atoms with Gasteiger partial charge in [-0.1, -0.05) is 0 Å². The fourth-order valence-corrected chi connectivity index (χ4v) is 3.87. The summed E-state index contributed by atoms with van der Waals surface area (Å²) in [5.74, 6) is 1.76. The third-order valence-corrected chi connectivity index (χ3v) is 5.35. The van der Waals surface area contributed by atoms with Crippen LogP contribution in [0.2, 0.25) is 0 Å². The van der Waals surface area contributed by atoms with E-state index in [0.29, 0.717) is 6.42 Å². The van der Waals surface area contributed by atoms with E-state index in [0.717, 1.165) is 66.7 Å². The SMILES string of the molecule is Cn1ncnc1-c1ccc2nc(Cc3cc(CN4CCNCC4)ccn3)[nH]c2c1. The molecule has 148 valence electrons. The van der Waals surface area contributed by atoms with E-state index in [1.165, 1.54) is 5.56 Å². The molecule has 2 N–H and O–H groups in total. The average Bonchev–Trinajstić information content (AvgIpc) is 3.33. The number of hydrogen-bond donors (Lipinski definition) is 2. The van der Waals surface area contributed by atoms with Crippen LogP contribution in [0.1, 0.15) is 17.1 Å². The molecular weight excluding hydrogens is 364 g/mol. The van der Waals surface area contributed by atoms with Crippen molar-refractivity contribution in [3.8, 4) is 11.4 Å². The van der Waals surface area contributed by atoms with Gasteiger partial charge in [0.15, 0.2) is 5.82 Å². The fourth-order valence-electron chi connectivity index (χ4n) is 3.87. The first-order chi connectivity index (χ1) is 14.2. The van der Waals surface area contributed by atoms with Gasteiger partial charge in [0.05, 0.1) is 11.0 Å². The lowest BCUT2D eigenvalue weighted by atomic mass is 10.1. The summed E-state index contributed by atoms with van der Waals surface area (Å²) in [5.41, 5.74) is 5.30. The summed E-state index contributed by atoms with van der Waals surface area (Å²) in [6.07, 6.45) is 4.15. The number of aryl methyl sites for hydroxylation is 1. The topological polar surface area (TPSA) is 87.6 Å². The predicted octanol–water partition coefficient (Wildman–Crippen LogP) is 1.75. The van der Waals surface area contributed by atoms with Gasteiger partial charge in [-0.05, 0) is 35.9 Å². The zero-order valence-corrected chi connectivity index (χ0v) is 16.5. The van der Waals surface area contributed by atoms with Crippen molar-refractivity contribution < 1.29 is 0 Å². The molecule has 1 saturated heterocycles. The first-order valence-corrected chi connectivity index (χ1v) is 9.94. The molecule has 1 aliphatic heterocycles. The normalized spacial score (nSPS) is 15.2. The number of rotatable bonds is 5. The van der Waals surface area contributed by atoms with Gasteiger partial charge in [0, 0.05) is 63.6 Å². The van der Waals surface area contributed by atoms with E-state index in [4.69, 9.17) is 4.98 Å². The van der Waals surface area contributed by atoms with E-state index in [2.05, 4.69) is 48.5 Å². The van der Waals surface area contributed by atoms with Crippen LogP contribution < -0.4 is 5.32 Å². The van der Waals surface area contributed by atoms with E-state index in [1.807, 2.05) is 25.4 Å². The summed E-state index contributed by atoms with van der Waals surface area (Å²) in [5, 5.41) is 7.55. The molecule has 0 spiro atoms. The van der Waals surface area contributed by atoms with Gasteiger partial charge in [-0.2, -0.15) is 5.10 Å². The summed E-state index contributed by atoms with van der Waals surface area (Å²) in [7, 11) is 1.89. The van der Waals surface area contributed by atoms with Crippen molar-refractivity contribution >= 4 is 11.0 Å². The smallest absolute Gasteiger partial charge is 0.157 e. The van der Waals surface area contributed by atoms with E-state index in [1.54, 1.807) is 11.0 Å². The number of aromatic nitrogens is 6. The Hall–Kier alpha value is -3.10. The average molecular weight is 388 g/mol. The fraction of sp³-hybridized carbons (Fsp3) is 0.333. The summed E-state index contributed by atoms with van der Waals surface area (Å²) in [6.45, 7) is 5.28. The van der Waals surface area contributed by atoms with Gasteiger partial charge in [0.2, 0.25) is 0 Å². The van der Waals surface area contributed by atoms with Gasteiger partial charge in [-0.25, -0.2) is 14.6 Å². The molecule has 0 bridgehead atoms. The Labute approximate surface area is 169 Å². The van der Waals surface area contributed by atoms with Gasteiger partial charge in [0.25, 0.3) is 0 Å². The second-order valence-electron chi connectivity index (χ2n) is 7.48. The van der Waals surface area contributed by atoms with Crippen LogP contribution in [0.3, 0.4) is 0 Å². The number of nitrogens with zero attached hydrogens (tertiary/aromatic N) is 6. The Kier molecular flexibility index (Phi) is 4.79. The molecule has 8 heteroatoms. The number of H-pyrrole nitrogens is 1. The highest BCUT2D eigenvalue weighted by atomic mass is 15.3. The number of imidazole rings is 1. The molecule has 1 fully saturated rings. The lowest BCUT2D eigenvalue weighted by molar-refractivity contribution is 0.233. The van der Waals surface area contributed by atoms with Crippen molar-refractivity contribution in [3.05, 3.63) is 59.9 Å². The number of benzene rings is 1. The molecule has 3 aromatic heterocycles. The second-order valence-corrected chi connectivity index (χ2v) is 7.48. The molecule has 1 aromatic carbocycles. The van der Waals surface area contributed by atoms with Crippen molar-refractivity contribution in [3.63, 3.8) is 0 Å². The van der Waals surface area contributed by atoms with Crippen LogP contribution in [0.4, 0.5) is 0 Å². The number of nitrogens with one attached hydrogen (secondary N) is 2. The third kappa shape index (κ3) is 3.90. The van der Waals surface area contributed by atoms with Gasteiger partial charge in [-0.3, -0.25) is 9.88 Å². The van der Waals surface area contributed by atoms with Crippen LogP contribution in [0.25, 0.3) is 22.4 Å². The summed E-state index contributed by atoms with van der Waals surface area (Å²) >= 11 is 0. The van der Waals surface area contributed by atoms with Gasteiger partial charge in [-0.15, -0.1) is 0 Å². The predicted molar refractivity (Wildman–Crippen MR) is 111 cm³/mol. The molecule has 29 heavy (non-hydrogen) atoms. The van der Waals surface area contributed by atoms with Crippen LogP contribution in [-0.2, 0) is 20.0 Å². The molecule has 8 nitrogen and oxygen atoms in total. The minimum Gasteiger partial charge on any atom is -0.342 e. The van der Waals surface area contributed by atoms with E-state index >= 15 is 0 Å². The number of fused-ring (bicyclic) bond motifs is 1. The standard InChI is InChI=1S/C21H24N8/c1-28-21(24-14-25-28)16-2-3-18-19(11-16)27-20(26-18)12-17-10-15(4-5-23-17)13-29-8-6-22-7-9-29/h2-5,10-11,14,22H,6-9,12-13H2,1H3,(H,26,27). The quantitative estimate of drug-likeness (QED) is 0.542. The summed E-state index contributed by atoms with van der Waals surface area (Å²) in [6, 6.07) is 10.4. The minimum atomic E-state index is 0.684. The first kappa shape index (κ1) is 18.0.